The second-order valence-electron chi connectivity index (χ2n) is 25.7. The van der Waals surface area contributed by atoms with Crippen LogP contribution < -0.4 is 27.4 Å². The summed E-state index contributed by atoms with van der Waals surface area (Å²) in [7, 11) is -6.79. The van der Waals surface area contributed by atoms with E-state index in [0.29, 0.717) is 56.5 Å². The van der Waals surface area contributed by atoms with E-state index < -0.39 is 119 Å². The van der Waals surface area contributed by atoms with Crippen molar-refractivity contribution in [1.82, 2.24) is 70.7 Å². The smallest absolute Gasteiger partial charge is 0.408 e. The van der Waals surface area contributed by atoms with Crippen LogP contribution in [0.4, 0.5) is 9.59 Å². The molecule has 0 spiro atoms. The molecule has 6 heterocycles. The molecule has 1 aliphatic rings. The molecular formula is C64H86Cl4N16O22S5. The number of hydrogen-bond acceptors (Lipinski definition) is 28. The molecule has 47 heteroatoms. The number of nitrogens with two attached hydrogens (primary N) is 2. The maximum Gasteiger partial charge on any atom is 0.408 e. The van der Waals surface area contributed by atoms with Crippen molar-refractivity contribution in [3.8, 4) is 0 Å². The van der Waals surface area contributed by atoms with Crippen LogP contribution in [0, 0.1) is 4.77 Å². The van der Waals surface area contributed by atoms with Gasteiger partial charge in [0.05, 0.1) is 36.9 Å². The summed E-state index contributed by atoms with van der Waals surface area (Å²) in [6.07, 6.45) is 11.2. The molecule has 612 valence electrons. The van der Waals surface area contributed by atoms with Gasteiger partial charge in [-0.15, -0.1) is 12.4 Å². The fourth-order valence-electron chi connectivity index (χ4n) is 9.18. The average molecular weight is 1730 g/mol. The van der Waals surface area contributed by atoms with Gasteiger partial charge in [0.1, 0.15) is 41.4 Å². The van der Waals surface area contributed by atoms with Crippen LogP contribution >= 0.6 is 71.2 Å². The number of carboxylic acid groups (broad SMARTS) is 2. The van der Waals surface area contributed by atoms with E-state index in [4.69, 9.17) is 77.8 Å². The summed E-state index contributed by atoms with van der Waals surface area (Å²) in [5, 5.41) is 26.1. The number of ether oxygens (including phenoxy) is 5. The van der Waals surface area contributed by atoms with Gasteiger partial charge in [0.25, 0.3) is 11.8 Å². The third-order valence-electron chi connectivity index (χ3n) is 14.3. The van der Waals surface area contributed by atoms with Gasteiger partial charge in [0.2, 0.25) is 45.0 Å². The Morgan fingerprint density at radius 2 is 1.03 bits per heavy atom. The summed E-state index contributed by atoms with van der Waals surface area (Å²) in [6.45, 7) is 10.9. The Morgan fingerprint density at radius 3 is 1.41 bits per heavy atom. The number of methoxy groups -OCH3 is 3. The second-order valence-corrected chi connectivity index (χ2v) is 33.9. The number of H-pyrrole nitrogens is 6. The Balaban J connectivity index is 0.000000380. The maximum absolute atomic E-state index is 13.1. The maximum atomic E-state index is 13.1. The lowest BCUT2D eigenvalue weighted by atomic mass is 9.95. The minimum Gasteiger partial charge on any atom is -0.480 e. The van der Waals surface area contributed by atoms with Crippen molar-refractivity contribution in [3.05, 3.63) is 132 Å². The first-order valence-electron chi connectivity index (χ1n) is 32.1. The molecular weight excluding hydrogens is 1650 g/mol. The molecule has 8 rings (SSSR count). The second kappa shape index (κ2) is 42.5. The average Bonchev–Trinajstić information content (AvgIpc) is 1.74. The van der Waals surface area contributed by atoms with Crippen LogP contribution in [0.5, 0.6) is 0 Å². The van der Waals surface area contributed by atoms with Crippen molar-refractivity contribution < 1.29 is 102 Å². The molecule has 5 aromatic heterocycles. The third kappa shape index (κ3) is 32.2. The Bertz CT molecular complexity index is 4820. The number of halogens is 4. The van der Waals surface area contributed by atoms with Gasteiger partial charge < -0.3 is 96.1 Å². The summed E-state index contributed by atoms with van der Waals surface area (Å²) in [5.41, 5.74) is 13.6. The molecule has 0 fully saturated rings. The molecule has 1 aliphatic heterocycles. The molecule has 4 amide bonds. The number of aromatic nitrogens is 10. The van der Waals surface area contributed by atoms with E-state index in [1.807, 2.05) is 6.26 Å². The first-order valence-corrected chi connectivity index (χ1v) is 40.5. The number of alkyl carbamates (subject to hydrolysis) is 2. The van der Waals surface area contributed by atoms with E-state index in [2.05, 4.69) is 75.3 Å². The zero-order valence-electron chi connectivity index (χ0n) is 61.9. The van der Waals surface area contributed by atoms with Crippen LogP contribution in [-0.2, 0) is 122 Å². The van der Waals surface area contributed by atoms with Crippen molar-refractivity contribution in [3.63, 3.8) is 0 Å². The topological polar surface area (TPSA) is 580 Å². The highest BCUT2D eigenvalue weighted by molar-refractivity contribution is 7.98. The molecule has 2 aromatic carbocycles. The highest BCUT2D eigenvalue weighted by atomic mass is 35.5. The molecule has 0 unspecified atom stereocenters. The number of nitrogens with zero attached hydrogens (tertiary/aromatic N) is 5. The van der Waals surface area contributed by atoms with E-state index in [-0.39, 0.29) is 93.7 Å². The van der Waals surface area contributed by atoms with Crippen LogP contribution in [-0.4, -0.2) is 238 Å². The molecule has 0 bridgehead atoms. The molecule has 7 aromatic rings. The number of aromatic amines is 6. The molecule has 5 atom stereocenters. The van der Waals surface area contributed by atoms with E-state index >= 15 is 0 Å². The number of aliphatic carboxylic acids is 2. The van der Waals surface area contributed by atoms with Crippen LogP contribution in [0.25, 0.3) is 0 Å². The van der Waals surface area contributed by atoms with Gasteiger partial charge in [0, 0.05) is 134 Å². The summed E-state index contributed by atoms with van der Waals surface area (Å²) in [6, 6.07) is 3.06. The third-order valence-corrected chi connectivity index (χ3v) is 18.8. The number of sulfone groups is 3. The Kier molecular flexibility index (Phi) is 36.7. The number of nitrogens with one attached hydrogen (secondary N) is 9. The zero-order chi connectivity index (χ0) is 83.1. The lowest BCUT2D eigenvalue weighted by Gasteiger charge is -2.30. The van der Waals surface area contributed by atoms with Gasteiger partial charge in [-0.25, -0.2) is 69.2 Å². The number of amides is 4. The van der Waals surface area contributed by atoms with Gasteiger partial charge in [0.15, 0.2) is 9.93 Å². The van der Waals surface area contributed by atoms with Gasteiger partial charge in [-0.05, 0) is 108 Å². The first-order chi connectivity index (χ1) is 50.9. The summed E-state index contributed by atoms with van der Waals surface area (Å²) in [5.74, 6) is -5.16. The number of carbonyl (C=O) groups excluding carboxylic acids is 7. The quantitative estimate of drug-likeness (QED) is 0.0166. The van der Waals surface area contributed by atoms with E-state index in [9.17, 15) is 73.5 Å². The Hall–Kier alpha value is -9.18. The van der Waals surface area contributed by atoms with Crippen molar-refractivity contribution in [2.75, 3.05) is 52.9 Å². The lowest BCUT2D eigenvalue weighted by molar-refractivity contribution is -0.143. The van der Waals surface area contributed by atoms with Crippen molar-refractivity contribution in [2.45, 2.75) is 149 Å². The number of carboxylic acids is 2. The molecule has 111 heavy (non-hydrogen) atoms. The van der Waals surface area contributed by atoms with Gasteiger partial charge in [-0.1, -0.05) is 46.6 Å². The molecule has 0 radical (unpaired) electrons. The Labute approximate surface area is 668 Å². The van der Waals surface area contributed by atoms with E-state index in [1.54, 1.807) is 89.2 Å². The number of hydrogen-bond donors (Lipinski definition) is 13. The number of thioether (sulfide) groups is 1. The normalized spacial score (nSPS) is 13.3. The van der Waals surface area contributed by atoms with Crippen LogP contribution in [0.15, 0.2) is 81.9 Å². The van der Waals surface area contributed by atoms with Gasteiger partial charge in [-0.3, -0.25) is 19.2 Å². The molecule has 0 saturated heterocycles. The number of carbonyl (C=O) groups is 9. The molecule has 15 N–H and O–H groups in total. The van der Waals surface area contributed by atoms with E-state index in [0.717, 1.165) is 29.6 Å². The number of fused-ring (bicyclic) bond motifs is 1. The van der Waals surface area contributed by atoms with Crippen molar-refractivity contribution in [1.29, 1.82) is 0 Å². The predicted octanol–water partition coefficient (Wildman–Crippen LogP) is 4.86. The standard InChI is InChI=1S/C24H21Cl3N4O6S.C13H21N3O6S.C13H21N3O4S.C8H13N3O4S.C6H9N3O2S.ClH/c1-38(36,37)24-28-10-15(29-24)9-18(23(34)35)30-21(32)19-17(26)8-13-11-31(7-6-16(13)20(19)27)22(33)12-2-4-14(25)5-3-12;1-13(2,3)22-12(18)16-9(10(17)21-4)6-8-7-14-11(15-8)23(5,19)20;1-13(2,3)20-12(18)16-9(10(17)19-4)6-8-7-14-11(15-8)21-5;1-15-7(12)6(9)3-5-4-10-8(11-5)16(2,13)14;7-4(5(10)11)1-3-2-8-6(12)9-3;/h2-5,8,10,18H,6-7,9,11H2,1H3,(H,28,29)(H,30,32)(H,34,35);7,9H,6H2,1-5H3,(H,14,15)(H,16,18);7,9H,6H2,1-5H3,(H,14,15)(H,16,18);4,6H,3,9H2,1-2H3,(H,10,11);2,4H,1,7H2,(H,10,11)(H2,8,9,12);1H/t18-;2*9-;6-;4-;/m00000./s1. The zero-order valence-corrected chi connectivity index (χ0v) is 69.0. The lowest BCUT2D eigenvalue weighted by Crippen LogP contribution is -2.45. The SMILES string of the molecule is COC(=O)[C@@H](N)Cc1cnc(S(C)(=O)=O)[nH]1.COC(=O)[C@H](Cc1cnc(S(C)(=O)=O)[nH]1)NC(=O)OC(C)(C)C.COC(=O)[C@H](Cc1cnc(SC)[nH]1)NC(=O)OC(C)(C)C.CS(=O)(=O)c1ncc(C[C@H](NC(=O)c2c(Cl)cc3c(c2Cl)CCN(C(=O)c2ccc(Cl)cc2)C3)C(=O)O)[nH]1.Cl.N[C@@H](Cc1c[nH]c(=S)[nH]1)C(=O)O. The minimum absolute atomic E-state index is 0. The summed E-state index contributed by atoms with van der Waals surface area (Å²) in [4.78, 5) is 139. The molecule has 38 nitrogen and oxygen atoms in total. The van der Waals surface area contributed by atoms with Crippen molar-refractivity contribution in [2.24, 2.45) is 11.5 Å². The van der Waals surface area contributed by atoms with Crippen molar-refractivity contribution >= 4 is 155 Å². The van der Waals surface area contributed by atoms with Crippen LogP contribution in [0.3, 0.4) is 0 Å². The fraction of sp³-hybridized carbons (Fsp3) is 0.438. The number of imidazole rings is 5. The number of rotatable bonds is 24. The minimum atomic E-state index is -3.62. The Morgan fingerprint density at radius 1 is 0.604 bits per heavy atom. The van der Waals surface area contributed by atoms with Crippen LogP contribution in [0.2, 0.25) is 15.1 Å². The van der Waals surface area contributed by atoms with Gasteiger partial charge >= 0.3 is 42.0 Å². The monoisotopic (exact) mass is 1730 g/mol. The van der Waals surface area contributed by atoms with Crippen LogP contribution in [0.1, 0.15) is 102 Å². The highest BCUT2D eigenvalue weighted by Gasteiger charge is 2.33. The predicted molar refractivity (Wildman–Crippen MR) is 408 cm³/mol. The van der Waals surface area contributed by atoms with E-state index in [1.165, 1.54) is 51.7 Å². The van der Waals surface area contributed by atoms with Gasteiger partial charge in [-0.2, -0.15) is 0 Å². The number of esters is 3. The fourth-order valence-corrected chi connectivity index (χ4v) is 12.3. The molecule has 0 saturated carbocycles. The highest BCUT2D eigenvalue weighted by Crippen LogP contribution is 2.35. The number of benzene rings is 2. The first kappa shape index (κ1) is 96.0. The largest absolute Gasteiger partial charge is 0.480 e. The molecule has 0 aliphatic carbocycles. The summed E-state index contributed by atoms with van der Waals surface area (Å²) < 4.78 is 92.7. The summed E-state index contributed by atoms with van der Waals surface area (Å²) >= 11 is 25.1.